The summed E-state index contributed by atoms with van der Waals surface area (Å²) in [6, 6.07) is 4.54. The lowest BCUT2D eigenvalue weighted by Crippen LogP contribution is -1.89. The Morgan fingerprint density at radius 2 is 2.42 bits per heavy atom. The summed E-state index contributed by atoms with van der Waals surface area (Å²) < 4.78 is 4.68. The molecular weight excluding hydrogens is 162 g/mol. The number of nitro groups is 1. The van der Waals surface area contributed by atoms with Crippen LogP contribution < -0.4 is 4.74 Å². The van der Waals surface area contributed by atoms with E-state index in [9.17, 15) is 10.1 Å². The third-order valence-corrected chi connectivity index (χ3v) is 1.29. The van der Waals surface area contributed by atoms with E-state index in [0.717, 1.165) is 6.07 Å². The van der Waals surface area contributed by atoms with Crippen LogP contribution in [0.2, 0.25) is 0 Å². The number of nitrogens with zero attached hydrogens (tertiary/aromatic N) is 1. The zero-order valence-corrected chi connectivity index (χ0v) is 6.27. The van der Waals surface area contributed by atoms with E-state index in [4.69, 9.17) is 5.11 Å². The van der Waals surface area contributed by atoms with Crippen molar-refractivity contribution >= 4 is 5.69 Å². The van der Waals surface area contributed by atoms with Gasteiger partial charge >= 0.3 is 0 Å². The topological polar surface area (TPSA) is 72.6 Å². The van der Waals surface area contributed by atoms with E-state index < -0.39 is 4.92 Å². The molecule has 0 aliphatic rings. The lowest BCUT2D eigenvalue weighted by molar-refractivity contribution is -0.385. The van der Waals surface area contributed by atoms with Crippen molar-refractivity contribution in [3.05, 3.63) is 28.3 Å². The van der Waals surface area contributed by atoms with Crippen molar-refractivity contribution in [1.82, 2.24) is 0 Å². The quantitative estimate of drug-likeness (QED) is 0.530. The molecule has 0 unspecified atom stereocenters. The van der Waals surface area contributed by atoms with Crippen molar-refractivity contribution in [3.8, 4) is 11.5 Å². The molecule has 1 N–H and O–H groups in total. The third kappa shape index (κ3) is 1.45. The number of ether oxygens (including phenoxy) is 1. The van der Waals surface area contributed by atoms with Crippen LogP contribution in [0.3, 0.4) is 0 Å². The van der Waals surface area contributed by atoms with Gasteiger partial charge in [-0.15, -0.1) is 0 Å². The molecule has 0 aliphatic carbocycles. The minimum Gasteiger partial charge on any atom is -0.504 e. The van der Waals surface area contributed by atoms with Gasteiger partial charge in [-0.3, -0.25) is 10.1 Å². The van der Waals surface area contributed by atoms with Crippen LogP contribution in [0.15, 0.2) is 12.1 Å². The monoisotopic (exact) mass is 168 g/mol. The molecule has 1 aromatic rings. The average molecular weight is 168 g/mol. The molecule has 0 amide bonds. The van der Waals surface area contributed by atoms with Crippen LogP contribution in [-0.4, -0.2) is 17.1 Å². The number of methoxy groups -OCH3 is 1. The molecule has 0 spiro atoms. The Morgan fingerprint density at radius 1 is 1.75 bits per heavy atom. The lowest BCUT2D eigenvalue weighted by atomic mass is 10.3. The number of benzene rings is 1. The van der Waals surface area contributed by atoms with Gasteiger partial charge in [0.1, 0.15) is 0 Å². The van der Waals surface area contributed by atoms with Gasteiger partial charge in [0.05, 0.1) is 24.2 Å². The summed E-state index contributed by atoms with van der Waals surface area (Å²) in [4.78, 5) is 9.54. The predicted octanol–water partition coefficient (Wildman–Crippen LogP) is 1.11. The maximum absolute atomic E-state index is 10.2. The van der Waals surface area contributed by atoms with E-state index in [0.29, 0.717) is 0 Å². The highest BCUT2D eigenvalue weighted by Crippen LogP contribution is 2.28. The van der Waals surface area contributed by atoms with E-state index >= 15 is 0 Å². The number of rotatable bonds is 2. The summed E-state index contributed by atoms with van der Waals surface area (Å²) in [5, 5.41) is 19.3. The number of nitro benzene ring substituents is 1. The first-order chi connectivity index (χ1) is 5.65. The molecule has 5 heteroatoms. The molecule has 5 nitrogen and oxygen atoms in total. The van der Waals surface area contributed by atoms with E-state index in [1.54, 1.807) is 0 Å². The maximum atomic E-state index is 10.2. The van der Waals surface area contributed by atoms with Gasteiger partial charge in [-0.05, 0) is 6.07 Å². The number of phenols is 1. The second kappa shape index (κ2) is 3.08. The smallest absolute Gasteiger partial charge is 0.281 e. The normalized spacial score (nSPS) is 9.42. The minimum absolute atomic E-state index is 0.167. The highest BCUT2D eigenvalue weighted by Gasteiger charge is 2.09. The second-order valence-electron chi connectivity index (χ2n) is 2.03. The number of hydrogen-bond donors (Lipinski definition) is 1. The molecular formula is C7H6NO4. The Bertz CT molecular complexity index is 310. The van der Waals surface area contributed by atoms with Crippen LogP contribution in [0.25, 0.3) is 0 Å². The fraction of sp³-hybridized carbons (Fsp3) is 0.143. The SMILES string of the molecule is COc1c[c]c([N+](=O)[O-])cc1O. The molecule has 0 saturated carbocycles. The summed E-state index contributed by atoms with van der Waals surface area (Å²) >= 11 is 0. The van der Waals surface area contributed by atoms with Crippen molar-refractivity contribution in [2.24, 2.45) is 0 Å². The van der Waals surface area contributed by atoms with E-state index in [-0.39, 0.29) is 17.2 Å². The van der Waals surface area contributed by atoms with Crippen molar-refractivity contribution in [2.45, 2.75) is 0 Å². The standard InChI is InChI=1S/C7H6NO4/c1-12-7-3-2-5(8(10)11)4-6(7)9/h3-4,9H,1H3. The van der Waals surface area contributed by atoms with Gasteiger partial charge in [0.2, 0.25) is 0 Å². The zero-order valence-electron chi connectivity index (χ0n) is 6.27. The van der Waals surface area contributed by atoms with Gasteiger partial charge < -0.3 is 9.84 Å². The largest absolute Gasteiger partial charge is 0.504 e. The molecule has 0 saturated heterocycles. The molecule has 0 bridgehead atoms. The van der Waals surface area contributed by atoms with E-state index in [1.165, 1.54) is 13.2 Å². The summed E-state index contributed by atoms with van der Waals surface area (Å²) in [7, 11) is 1.36. The fourth-order valence-corrected chi connectivity index (χ4v) is 0.725. The molecule has 0 fully saturated rings. The van der Waals surface area contributed by atoms with Crippen LogP contribution in [0, 0.1) is 16.2 Å². The van der Waals surface area contributed by atoms with Gasteiger partial charge in [-0.1, -0.05) is 0 Å². The van der Waals surface area contributed by atoms with E-state index in [1.807, 2.05) is 0 Å². The minimum atomic E-state index is -0.640. The first-order valence-electron chi connectivity index (χ1n) is 3.08. The fourth-order valence-electron chi connectivity index (χ4n) is 0.725. The van der Waals surface area contributed by atoms with Crippen LogP contribution >= 0.6 is 0 Å². The highest BCUT2D eigenvalue weighted by molar-refractivity contribution is 5.46. The predicted molar refractivity (Wildman–Crippen MR) is 40.1 cm³/mol. The Kier molecular flexibility index (Phi) is 2.14. The average Bonchev–Trinajstić information content (AvgIpc) is 2.04. The van der Waals surface area contributed by atoms with Gasteiger partial charge in [0.25, 0.3) is 5.69 Å². The molecule has 1 rings (SSSR count). The van der Waals surface area contributed by atoms with Gasteiger partial charge in [0, 0.05) is 0 Å². The second-order valence-corrected chi connectivity index (χ2v) is 2.03. The number of hydrogen-bond acceptors (Lipinski definition) is 4. The van der Waals surface area contributed by atoms with Gasteiger partial charge in [-0.25, -0.2) is 0 Å². The molecule has 63 valence electrons. The van der Waals surface area contributed by atoms with Crippen molar-refractivity contribution in [3.63, 3.8) is 0 Å². The first kappa shape index (κ1) is 8.32. The lowest BCUT2D eigenvalue weighted by Gasteiger charge is -2.00. The summed E-state index contributed by atoms with van der Waals surface area (Å²) in [6.07, 6.45) is 0. The molecule has 0 atom stereocenters. The number of phenolic OH excluding ortho intramolecular Hbond substituents is 1. The van der Waals surface area contributed by atoms with Crippen LogP contribution in [0.5, 0.6) is 11.5 Å². The van der Waals surface area contributed by atoms with Crippen LogP contribution in [0.4, 0.5) is 5.69 Å². The van der Waals surface area contributed by atoms with Crippen molar-refractivity contribution in [1.29, 1.82) is 0 Å². The van der Waals surface area contributed by atoms with Crippen molar-refractivity contribution in [2.75, 3.05) is 7.11 Å². The number of non-ortho nitro benzene ring substituents is 1. The molecule has 12 heavy (non-hydrogen) atoms. The number of aromatic hydroxyl groups is 1. The highest BCUT2D eigenvalue weighted by atomic mass is 16.6. The Hall–Kier alpha value is -1.78. The van der Waals surface area contributed by atoms with E-state index in [2.05, 4.69) is 10.8 Å². The Labute approximate surface area is 68.4 Å². The third-order valence-electron chi connectivity index (χ3n) is 1.29. The van der Waals surface area contributed by atoms with Gasteiger partial charge in [0.15, 0.2) is 11.5 Å². The van der Waals surface area contributed by atoms with Crippen molar-refractivity contribution < 1.29 is 14.8 Å². The summed E-state index contributed by atoms with van der Waals surface area (Å²) in [5.74, 6) is -0.0939. The van der Waals surface area contributed by atoms with Crippen LogP contribution in [-0.2, 0) is 0 Å². The van der Waals surface area contributed by atoms with Crippen LogP contribution in [0.1, 0.15) is 0 Å². The maximum Gasteiger partial charge on any atom is 0.281 e. The zero-order chi connectivity index (χ0) is 9.14. The molecule has 0 aromatic heterocycles. The Morgan fingerprint density at radius 3 is 2.83 bits per heavy atom. The summed E-state index contributed by atoms with van der Waals surface area (Å²) in [5.41, 5.74) is -0.284. The van der Waals surface area contributed by atoms with Gasteiger partial charge in [-0.2, -0.15) is 0 Å². The molecule has 1 radical (unpaired) electrons. The first-order valence-corrected chi connectivity index (χ1v) is 3.08. The molecule has 0 heterocycles. The summed E-state index contributed by atoms with van der Waals surface area (Å²) in [6.45, 7) is 0. The molecule has 0 aliphatic heterocycles. The Balaban J connectivity index is 3.10. The molecule has 1 aromatic carbocycles.